The Kier molecular flexibility index (Phi) is 7.36. The number of sulfone groups is 1. The van der Waals surface area contributed by atoms with Gasteiger partial charge in [-0.1, -0.05) is 13.8 Å². The number of fused-ring (bicyclic) bond motifs is 1. The highest BCUT2D eigenvalue weighted by Crippen LogP contribution is 2.35. The number of aromatic nitrogens is 4. The van der Waals surface area contributed by atoms with Crippen molar-refractivity contribution in [3.05, 3.63) is 36.3 Å². The molecule has 2 saturated heterocycles. The molecule has 0 unspecified atom stereocenters. The maximum Gasteiger partial charge on any atom is 0.227 e. The van der Waals surface area contributed by atoms with Crippen molar-refractivity contribution in [1.82, 2.24) is 19.9 Å². The molecule has 2 aliphatic rings. The summed E-state index contributed by atoms with van der Waals surface area (Å²) >= 11 is 0. The van der Waals surface area contributed by atoms with E-state index in [1.54, 1.807) is 23.4 Å². The summed E-state index contributed by atoms with van der Waals surface area (Å²) in [6.45, 7) is 7.51. The third-order valence-electron chi connectivity index (χ3n) is 7.58. The quantitative estimate of drug-likeness (QED) is 0.446. The molecule has 0 bridgehead atoms. The van der Waals surface area contributed by atoms with Crippen LogP contribution in [0.4, 0.5) is 27.8 Å². The number of nitrogens with zero attached hydrogens (tertiary/aromatic N) is 6. The summed E-state index contributed by atoms with van der Waals surface area (Å²) in [5, 5.41) is 15.2. The average Bonchev–Trinajstić information content (AvgIpc) is 3.31. The smallest absolute Gasteiger partial charge is 0.227 e. The molecule has 39 heavy (non-hydrogen) atoms. The Labute approximate surface area is 228 Å². The lowest BCUT2D eigenvalue weighted by Gasteiger charge is -2.38. The molecule has 0 aromatic carbocycles. The Morgan fingerprint density at radius 3 is 2.62 bits per heavy atom. The van der Waals surface area contributed by atoms with Crippen molar-refractivity contribution in [3.8, 4) is 0 Å². The lowest BCUT2D eigenvalue weighted by Crippen LogP contribution is -2.52. The first-order valence-corrected chi connectivity index (χ1v) is 15.4. The van der Waals surface area contributed by atoms with Crippen molar-refractivity contribution in [2.24, 2.45) is 5.92 Å². The maximum atomic E-state index is 14.7. The molecule has 0 saturated carbocycles. The number of halogens is 1. The number of piperidine rings is 1. The van der Waals surface area contributed by atoms with Gasteiger partial charge in [0.15, 0.2) is 5.67 Å². The van der Waals surface area contributed by atoms with E-state index in [4.69, 9.17) is 4.98 Å². The molecule has 10 nitrogen and oxygen atoms in total. The number of pyridine rings is 2. The summed E-state index contributed by atoms with van der Waals surface area (Å²) < 4.78 is 38.4. The molecule has 5 rings (SSSR count). The van der Waals surface area contributed by atoms with Gasteiger partial charge in [-0.3, -0.25) is 0 Å². The topological polar surface area (TPSA) is 124 Å². The van der Waals surface area contributed by atoms with E-state index < -0.39 is 21.6 Å². The van der Waals surface area contributed by atoms with E-state index in [1.807, 2.05) is 12.3 Å². The molecule has 12 heteroatoms. The summed E-state index contributed by atoms with van der Waals surface area (Å²) in [5.74, 6) is 2.84. The van der Waals surface area contributed by atoms with E-state index in [2.05, 4.69) is 39.0 Å². The molecule has 210 valence electrons. The van der Waals surface area contributed by atoms with Gasteiger partial charge in [0.05, 0.1) is 18.4 Å². The highest BCUT2D eigenvalue weighted by molar-refractivity contribution is 7.90. The van der Waals surface area contributed by atoms with E-state index in [0.717, 1.165) is 35.1 Å². The first kappa shape index (κ1) is 27.4. The van der Waals surface area contributed by atoms with Crippen molar-refractivity contribution in [2.75, 3.05) is 53.3 Å². The number of aliphatic hydroxyl groups excluding tert-OH is 1. The maximum absolute atomic E-state index is 14.7. The van der Waals surface area contributed by atoms with Gasteiger partial charge in [-0.05, 0) is 54.7 Å². The predicted molar refractivity (Wildman–Crippen MR) is 151 cm³/mol. The number of alkyl halides is 1. The molecule has 0 amide bonds. The minimum absolute atomic E-state index is 0.0148. The van der Waals surface area contributed by atoms with Gasteiger partial charge in [0, 0.05) is 49.9 Å². The van der Waals surface area contributed by atoms with Crippen molar-refractivity contribution < 1.29 is 17.9 Å². The molecular formula is C27H36FN7O3S. The van der Waals surface area contributed by atoms with Crippen molar-refractivity contribution in [3.63, 3.8) is 0 Å². The number of anilines is 4. The van der Waals surface area contributed by atoms with E-state index >= 15 is 0 Å². The highest BCUT2D eigenvalue weighted by Gasteiger charge is 2.39. The fourth-order valence-corrected chi connectivity index (χ4v) is 6.65. The first-order valence-electron chi connectivity index (χ1n) is 13.3. The van der Waals surface area contributed by atoms with Gasteiger partial charge in [-0.15, -0.1) is 0 Å². The molecule has 3 aromatic rings. The van der Waals surface area contributed by atoms with Crippen LogP contribution in [0.1, 0.15) is 45.1 Å². The Hall–Kier alpha value is -3.12. The third-order valence-corrected chi connectivity index (χ3v) is 8.65. The van der Waals surface area contributed by atoms with E-state index in [-0.39, 0.29) is 24.1 Å². The molecule has 5 heterocycles. The molecule has 3 aromatic heterocycles. The zero-order valence-corrected chi connectivity index (χ0v) is 23.6. The molecule has 0 aliphatic carbocycles. The molecule has 2 aliphatic heterocycles. The average molecular weight is 558 g/mol. The number of nitrogens with one attached hydrogen (secondary N) is 1. The second kappa shape index (κ2) is 10.5. The summed E-state index contributed by atoms with van der Waals surface area (Å²) in [6.07, 6.45) is 6.72. The second-order valence-corrected chi connectivity index (χ2v) is 13.6. The zero-order chi connectivity index (χ0) is 27.9. The molecule has 0 radical (unpaired) electrons. The van der Waals surface area contributed by atoms with E-state index in [0.29, 0.717) is 37.1 Å². The van der Waals surface area contributed by atoms with Crippen molar-refractivity contribution in [2.45, 2.75) is 51.3 Å². The Morgan fingerprint density at radius 1 is 1.13 bits per heavy atom. The van der Waals surface area contributed by atoms with Crippen molar-refractivity contribution >= 4 is 44.0 Å². The minimum Gasteiger partial charge on any atom is -0.390 e. The van der Waals surface area contributed by atoms with Crippen LogP contribution in [0, 0.1) is 5.92 Å². The second-order valence-electron chi connectivity index (χ2n) is 11.4. The fraction of sp³-hybridized carbons (Fsp3) is 0.556. The van der Waals surface area contributed by atoms with Gasteiger partial charge < -0.3 is 20.2 Å². The Morgan fingerprint density at radius 2 is 1.90 bits per heavy atom. The predicted octanol–water partition coefficient (Wildman–Crippen LogP) is 3.46. The standard InChI is InChI=1S/C27H36FN7O3S/c1-17(2)20-12-31-25(34-9-6-18(14-34)15-39(4,37)38)21-13-30-24(11-19(20)21)32-23-5-8-29-26(33-23)35-10-7-22(36)27(3,28)16-35/h5,8,11-13,17-18,22,36H,6-7,9-10,14-16H2,1-4H3,(H,29,30,32,33)/t18-,22+,27-/m0/s1. The summed E-state index contributed by atoms with van der Waals surface area (Å²) in [7, 11) is -3.04. The lowest BCUT2D eigenvalue weighted by molar-refractivity contribution is -0.00860. The number of hydrogen-bond donors (Lipinski definition) is 2. The third kappa shape index (κ3) is 6.06. The Balaban J connectivity index is 1.41. The van der Waals surface area contributed by atoms with Crippen LogP contribution < -0.4 is 15.1 Å². The normalized spacial score (nSPS) is 24.1. The van der Waals surface area contributed by atoms with Crippen LogP contribution in [0.25, 0.3) is 10.8 Å². The van der Waals surface area contributed by atoms with Crippen LogP contribution in [0.2, 0.25) is 0 Å². The SMILES string of the molecule is CC(C)c1cnc(N2CC[C@H](CS(C)(=O)=O)C2)c2cnc(Nc3ccnc(N4CC[C@@H](O)[C@@](C)(F)C4)n3)cc12. The fourth-order valence-electron chi connectivity index (χ4n) is 5.52. The highest BCUT2D eigenvalue weighted by atomic mass is 32.2. The molecule has 3 atom stereocenters. The van der Waals surface area contributed by atoms with Gasteiger partial charge in [0.25, 0.3) is 0 Å². The first-order chi connectivity index (χ1) is 18.4. The van der Waals surface area contributed by atoms with Crippen LogP contribution >= 0.6 is 0 Å². The zero-order valence-electron chi connectivity index (χ0n) is 22.8. The van der Waals surface area contributed by atoms with Crippen LogP contribution in [0.3, 0.4) is 0 Å². The van der Waals surface area contributed by atoms with Crippen molar-refractivity contribution in [1.29, 1.82) is 0 Å². The van der Waals surface area contributed by atoms with Crippen LogP contribution in [0.15, 0.2) is 30.7 Å². The summed E-state index contributed by atoms with van der Waals surface area (Å²) in [5.41, 5.74) is -0.645. The van der Waals surface area contributed by atoms with Gasteiger partial charge in [0.1, 0.15) is 27.3 Å². The molecule has 2 N–H and O–H groups in total. The summed E-state index contributed by atoms with van der Waals surface area (Å²) in [4.78, 5) is 22.2. The largest absolute Gasteiger partial charge is 0.390 e. The van der Waals surface area contributed by atoms with Gasteiger partial charge in [-0.25, -0.2) is 27.8 Å². The summed E-state index contributed by atoms with van der Waals surface area (Å²) in [6, 6.07) is 3.72. The molecular weight excluding hydrogens is 521 g/mol. The monoisotopic (exact) mass is 557 g/mol. The van der Waals surface area contributed by atoms with Crippen LogP contribution in [-0.2, 0) is 9.84 Å². The van der Waals surface area contributed by atoms with Crippen LogP contribution in [-0.4, -0.2) is 83.4 Å². The molecule has 2 fully saturated rings. The molecule has 0 spiro atoms. The van der Waals surface area contributed by atoms with E-state index in [1.165, 1.54) is 13.2 Å². The number of rotatable bonds is 7. The van der Waals surface area contributed by atoms with Gasteiger partial charge in [-0.2, -0.15) is 4.98 Å². The van der Waals surface area contributed by atoms with Gasteiger partial charge in [0.2, 0.25) is 5.95 Å². The lowest BCUT2D eigenvalue weighted by atomic mass is 9.94. The number of hydrogen-bond acceptors (Lipinski definition) is 10. The Bertz CT molecular complexity index is 1470. The van der Waals surface area contributed by atoms with Crippen LogP contribution in [0.5, 0.6) is 0 Å². The minimum atomic E-state index is -3.04. The van der Waals surface area contributed by atoms with Gasteiger partial charge >= 0.3 is 0 Å². The number of aliphatic hydroxyl groups is 1. The van der Waals surface area contributed by atoms with E-state index in [9.17, 15) is 17.9 Å².